The summed E-state index contributed by atoms with van der Waals surface area (Å²) in [6.45, 7) is 10.2. The van der Waals surface area contributed by atoms with Crippen molar-refractivity contribution in [3.63, 3.8) is 0 Å². The van der Waals surface area contributed by atoms with Crippen molar-refractivity contribution in [1.29, 1.82) is 0 Å². The molecule has 3 heterocycles. The number of aliphatic hydroxyl groups excluding tert-OH is 1. The van der Waals surface area contributed by atoms with Crippen molar-refractivity contribution >= 4 is 38.5 Å². The number of benzene rings is 2. The van der Waals surface area contributed by atoms with Crippen LogP contribution in [0.2, 0.25) is 0 Å². The van der Waals surface area contributed by atoms with Crippen LogP contribution in [0.5, 0.6) is 0 Å². The molecule has 1 N–H and O–H groups in total. The second-order valence-corrected chi connectivity index (χ2v) is 11.3. The minimum atomic E-state index is -0.125. The van der Waals surface area contributed by atoms with E-state index in [-0.39, 0.29) is 42.5 Å². The van der Waals surface area contributed by atoms with Gasteiger partial charge in [0, 0.05) is 43.2 Å². The zero-order valence-electron chi connectivity index (χ0n) is 22.4. The molecule has 2 unspecified atom stereocenters. The Kier molecular flexibility index (Phi) is 6.40. The molecule has 2 aliphatic rings. The third-order valence-electron chi connectivity index (χ3n) is 9.05. The Morgan fingerprint density at radius 2 is 1.76 bits per heavy atom. The zero-order valence-corrected chi connectivity index (χ0v) is 24.8. The van der Waals surface area contributed by atoms with Crippen LogP contribution in [0.3, 0.4) is 0 Å². The number of carbonyl (C=O) groups is 1. The van der Waals surface area contributed by atoms with Crippen molar-refractivity contribution in [2.45, 2.75) is 58.8 Å². The van der Waals surface area contributed by atoms with Gasteiger partial charge in [-0.3, -0.25) is 9.78 Å². The summed E-state index contributed by atoms with van der Waals surface area (Å²) in [4.78, 5) is 20.0. The van der Waals surface area contributed by atoms with Crippen LogP contribution in [-0.2, 0) is 30.3 Å². The van der Waals surface area contributed by atoms with Gasteiger partial charge in [0.15, 0.2) is 5.78 Å². The average Bonchev–Trinajstić information content (AvgIpc) is 3.53. The summed E-state index contributed by atoms with van der Waals surface area (Å²) < 4.78 is 2.33. The molecular formula is C32H32IrN3O2-. The Labute approximate surface area is 236 Å². The van der Waals surface area contributed by atoms with E-state index in [1.54, 1.807) is 0 Å². The number of fused-ring (bicyclic) bond motifs is 10. The van der Waals surface area contributed by atoms with E-state index in [2.05, 4.69) is 80.1 Å². The number of hydrogen-bond donors (Lipinski definition) is 1. The number of carbonyl (C=O) groups excluding carboxylic acids is 1. The number of aromatic nitrogens is 3. The molecule has 6 heteroatoms. The molecule has 1 fully saturated rings. The number of allylic oxidation sites excluding steroid dienone is 2. The van der Waals surface area contributed by atoms with E-state index in [9.17, 15) is 4.79 Å². The summed E-state index contributed by atoms with van der Waals surface area (Å²) in [5.74, 6) is 1.60. The Morgan fingerprint density at radius 3 is 2.45 bits per heavy atom. The summed E-state index contributed by atoms with van der Waals surface area (Å²) in [5, 5.41) is 13.3. The van der Waals surface area contributed by atoms with E-state index in [1.807, 2.05) is 6.20 Å². The summed E-state index contributed by atoms with van der Waals surface area (Å²) in [5.41, 5.74) is 5.63. The summed E-state index contributed by atoms with van der Waals surface area (Å²) in [6, 6.07) is 17.3. The predicted octanol–water partition coefficient (Wildman–Crippen LogP) is 7.50. The van der Waals surface area contributed by atoms with Gasteiger partial charge in [-0.2, -0.15) is 0 Å². The van der Waals surface area contributed by atoms with Gasteiger partial charge in [0.2, 0.25) is 0 Å². The van der Waals surface area contributed by atoms with Crippen molar-refractivity contribution in [2.75, 3.05) is 0 Å². The van der Waals surface area contributed by atoms with Crippen LogP contribution < -0.4 is 4.98 Å². The van der Waals surface area contributed by atoms with Crippen molar-refractivity contribution in [1.82, 2.24) is 14.5 Å². The zero-order chi connectivity index (χ0) is 26.1. The second-order valence-electron chi connectivity index (χ2n) is 11.3. The monoisotopic (exact) mass is 683 g/mol. The number of pyridine rings is 1. The average molecular weight is 683 g/mol. The first-order valence-electron chi connectivity index (χ1n) is 13.0. The van der Waals surface area contributed by atoms with Gasteiger partial charge in [0.25, 0.3) is 0 Å². The summed E-state index contributed by atoms with van der Waals surface area (Å²) in [6.07, 6.45) is 7.85. The van der Waals surface area contributed by atoms with E-state index in [0.717, 1.165) is 11.5 Å². The van der Waals surface area contributed by atoms with Gasteiger partial charge in [-0.15, -0.1) is 0 Å². The largest absolute Gasteiger partial charge is 0.512 e. The molecule has 3 aromatic heterocycles. The SMILES string of the molecule is CC(=O)/C=C(/C)O.CC12CCC(c3c1c[n-]c3-n1c3ccccc3c3c4ccccc4cnc31)C2(C)C.[Ir]. The van der Waals surface area contributed by atoms with Crippen LogP contribution >= 0.6 is 0 Å². The van der Waals surface area contributed by atoms with E-state index in [0.29, 0.717) is 5.92 Å². The molecule has 2 aromatic carbocycles. The van der Waals surface area contributed by atoms with Crippen LogP contribution in [0.4, 0.5) is 0 Å². The van der Waals surface area contributed by atoms with Gasteiger partial charge in [-0.25, -0.2) is 0 Å². The van der Waals surface area contributed by atoms with Gasteiger partial charge in [0.1, 0.15) is 0 Å². The normalized spacial score (nSPS) is 21.3. The first-order valence-corrected chi connectivity index (χ1v) is 13.0. The van der Waals surface area contributed by atoms with Gasteiger partial charge >= 0.3 is 0 Å². The smallest absolute Gasteiger partial charge is 0.155 e. The standard InChI is InChI=1S/C27H24N3.C5H8O2.Ir/c1-26(2)19-12-13-27(26,3)20-15-29-25(23(19)20)30-21-11-7-6-10-18(21)22-17-9-5-4-8-16(17)14-28-24(22)30;1-4(6)3-5(2)7;/h4-11,14-15,19H,12-13H2,1-3H3;3,6H,1-2H3;/q-1;;/b;4-3-;. The van der Waals surface area contributed by atoms with Gasteiger partial charge in [-0.1, -0.05) is 75.5 Å². The molecule has 2 aliphatic carbocycles. The van der Waals surface area contributed by atoms with Gasteiger partial charge in [-0.05, 0) is 76.7 Å². The number of ketones is 1. The topological polar surface area (TPSA) is 69.2 Å². The number of rotatable bonds is 2. The fourth-order valence-electron chi connectivity index (χ4n) is 6.92. The fourth-order valence-corrected chi connectivity index (χ4v) is 6.92. The van der Waals surface area contributed by atoms with Crippen molar-refractivity contribution < 1.29 is 30.0 Å². The maximum atomic E-state index is 10.0. The molecule has 0 saturated heterocycles. The number of nitrogens with zero attached hydrogens (tertiary/aromatic N) is 3. The van der Waals surface area contributed by atoms with E-state index >= 15 is 0 Å². The van der Waals surface area contributed by atoms with Crippen LogP contribution in [0.15, 0.2) is 72.8 Å². The van der Waals surface area contributed by atoms with Crippen LogP contribution in [0.25, 0.3) is 38.5 Å². The van der Waals surface area contributed by atoms with Gasteiger partial charge < -0.3 is 14.7 Å². The molecule has 5 aromatic rings. The van der Waals surface area contributed by atoms with Crippen LogP contribution in [-0.4, -0.2) is 20.4 Å². The van der Waals surface area contributed by atoms with Crippen molar-refractivity contribution in [3.05, 3.63) is 83.9 Å². The molecule has 2 atom stereocenters. The van der Waals surface area contributed by atoms with Crippen LogP contribution in [0.1, 0.15) is 64.5 Å². The third kappa shape index (κ3) is 3.61. The van der Waals surface area contributed by atoms with Crippen molar-refractivity contribution in [3.8, 4) is 5.82 Å². The van der Waals surface area contributed by atoms with Crippen molar-refractivity contribution in [2.24, 2.45) is 5.41 Å². The fraction of sp³-hybridized carbons (Fsp3) is 0.312. The molecular weight excluding hydrogens is 651 g/mol. The molecule has 2 bridgehead atoms. The first kappa shape index (κ1) is 26.4. The minimum Gasteiger partial charge on any atom is -0.512 e. The molecule has 197 valence electrons. The van der Waals surface area contributed by atoms with Crippen LogP contribution in [0, 0.1) is 5.41 Å². The Bertz CT molecular complexity index is 1740. The maximum Gasteiger partial charge on any atom is 0.155 e. The maximum absolute atomic E-state index is 10.0. The molecule has 1 saturated carbocycles. The summed E-state index contributed by atoms with van der Waals surface area (Å²) >= 11 is 0. The Balaban J connectivity index is 0.000000329. The van der Waals surface area contributed by atoms with E-state index < -0.39 is 0 Å². The van der Waals surface area contributed by atoms with E-state index in [4.69, 9.17) is 15.1 Å². The number of aliphatic hydroxyl groups is 1. The number of para-hydroxylation sites is 1. The Hall–Kier alpha value is -3.21. The molecule has 38 heavy (non-hydrogen) atoms. The first-order chi connectivity index (χ1) is 17.6. The summed E-state index contributed by atoms with van der Waals surface area (Å²) in [7, 11) is 0. The molecule has 0 amide bonds. The minimum absolute atomic E-state index is 0. The third-order valence-corrected chi connectivity index (χ3v) is 9.05. The number of hydrogen-bond acceptors (Lipinski definition) is 3. The predicted molar refractivity (Wildman–Crippen MR) is 150 cm³/mol. The quantitative estimate of drug-likeness (QED) is 0.155. The van der Waals surface area contributed by atoms with Gasteiger partial charge in [0.05, 0.1) is 11.4 Å². The second kappa shape index (κ2) is 9.21. The molecule has 7 rings (SSSR count). The Morgan fingerprint density at radius 1 is 1.08 bits per heavy atom. The van der Waals surface area contributed by atoms with E-state index in [1.165, 1.54) is 71.0 Å². The molecule has 0 spiro atoms. The molecule has 1 radical (unpaired) electrons. The molecule has 0 aliphatic heterocycles. The molecule has 5 nitrogen and oxygen atoms in total.